The number of hydrogen-bond acceptors (Lipinski definition) is 7. The molecule has 35 heavy (non-hydrogen) atoms. The normalized spacial score (nSPS) is 11.3. The van der Waals surface area contributed by atoms with E-state index in [-0.39, 0.29) is 12.1 Å². The molecule has 0 bridgehead atoms. The van der Waals surface area contributed by atoms with E-state index in [1.807, 2.05) is 12.1 Å². The Hall–Kier alpha value is -3.60. The molecule has 0 atom stereocenters. The summed E-state index contributed by atoms with van der Waals surface area (Å²) in [5.41, 5.74) is 0.831. The second kappa shape index (κ2) is 12.2. The maximum absolute atomic E-state index is 12.4. The zero-order valence-corrected chi connectivity index (χ0v) is 21.0. The van der Waals surface area contributed by atoms with E-state index in [1.54, 1.807) is 40.0 Å². The summed E-state index contributed by atoms with van der Waals surface area (Å²) in [4.78, 5) is 36.1. The molecule has 0 aliphatic heterocycles. The Bertz CT molecular complexity index is 1120. The van der Waals surface area contributed by atoms with Gasteiger partial charge >= 0.3 is 12.1 Å². The van der Waals surface area contributed by atoms with E-state index >= 15 is 0 Å². The quantitative estimate of drug-likeness (QED) is 0.421. The molecular weight excluding hydrogens is 474 g/mol. The number of urea groups is 1. The molecule has 2 rings (SSSR count). The van der Waals surface area contributed by atoms with Crippen LogP contribution in [0.1, 0.15) is 36.7 Å². The van der Waals surface area contributed by atoms with Gasteiger partial charge in [-0.05, 0) is 62.7 Å². The third-order valence-corrected chi connectivity index (χ3v) is 6.04. The number of methoxy groups -OCH3 is 1. The molecule has 0 saturated heterocycles. The van der Waals surface area contributed by atoms with Crippen LogP contribution in [0.5, 0.6) is 5.75 Å². The minimum absolute atomic E-state index is 0.168. The van der Waals surface area contributed by atoms with E-state index < -0.39 is 44.9 Å². The summed E-state index contributed by atoms with van der Waals surface area (Å²) in [7, 11) is -2.17. The number of rotatable bonds is 10. The van der Waals surface area contributed by atoms with Gasteiger partial charge in [0.2, 0.25) is 0 Å². The highest BCUT2D eigenvalue weighted by atomic mass is 32.2. The Morgan fingerprint density at radius 1 is 0.914 bits per heavy atom. The summed E-state index contributed by atoms with van der Waals surface area (Å²) in [5.74, 6) is -0.958. The number of nitrogens with one attached hydrogen (secondary N) is 3. The van der Waals surface area contributed by atoms with Crippen LogP contribution in [0.3, 0.4) is 0 Å². The lowest BCUT2D eigenvalue weighted by atomic mass is 10.1. The fourth-order valence-electron chi connectivity index (χ4n) is 2.82. The maximum atomic E-state index is 12.4. The molecule has 0 fully saturated rings. The highest BCUT2D eigenvalue weighted by Crippen LogP contribution is 2.13. The van der Waals surface area contributed by atoms with Crippen molar-refractivity contribution < 1.29 is 32.3 Å². The number of ether oxygens (including phenoxy) is 2. The van der Waals surface area contributed by atoms with Crippen LogP contribution in [0.25, 0.3) is 0 Å². The van der Waals surface area contributed by atoms with Crippen LogP contribution in [0.4, 0.5) is 15.3 Å². The first kappa shape index (κ1) is 27.6. The molecule has 2 aromatic rings. The van der Waals surface area contributed by atoms with Gasteiger partial charge in [-0.1, -0.05) is 12.1 Å². The van der Waals surface area contributed by atoms with Gasteiger partial charge in [-0.15, -0.1) is 0 Å². The highest BCUT2D eigenvalue weighted by Gasteiger charge is 2.20. The number of ketones is 1. The van der Waals surface area contributed by atoms with Crippen LogP contribution in [-0.4, -0.2) is 57.1 Å². The number of alkyl carbamates (subject to hydrolysis) is 1. The summed E-state index contributed by atoms with van der Waals surface area (Å²) in [6.45, 7) is 5.22. The predicted octanol–water partition coefficient (Wildman–Crippen LogP) is 3.14. The van der Waals surface area contributed by atoms with Crippen LogP contribution in [0, 0.1) is 0 Å². The average molecular weight is 506 g/mol. The number of hydrogen-bond donors (Lipinski definition) is 3. The molecule has 2 aromatic carbocycles. The Balaban J connectivity index is 1.80. The maximum Gasteiger partial charge on any atom is 0.407 e. The first-order chi connectivity index (χ1) is 16.4. The van der Waals surface area contributed by atoms with Gasteiger partial charge in [-0.25, -0.2) is 18.0 Å². The van der Waals surface area contributed by atoms with Crippen LogP contribution < -0.4 is 20.7 Å². The van der Waals surface area contributed by atoms with Crippen molar-refractivity contribution in [2.45, 2.75) is 32.9 Å². The molecule has 0 heterocycles. The van der Waals surface area contributed by atoms with Crippen molar-refractivity contribution in [1.82, 2.24) is 10.6 Å². The number of benzene rings is 2. The summed E-state index contributed by atoms with van der Waals surface area (Å²) in [6, 6.07) is 12.7. The summed E-state index contributed by atoms with van der Waals surface area (Å²) >= 11 is 0. The summed E-state index contributed by atoms with van der Waals surface area (Å²) in [6.07, 6.45) is -0.727. The minimum Gasteiger partial charge on any atom is -0.497 e. The third kappa shape index (κ3) is 10.5. The van der Waals surface area contributed by atoms with Crippen LogP contribution in [0.2, 0.25) is 0 Å². The molecule has 0 spiro atoms. The fraction of sp³-hybridized carbons (Fsp3) is 0.375. The van der Waals surface area contributed by atoms with E-state index in [0.717, 1.165) is 11.3 Å². The standard InChI is InChI=1S/C24H31N3O7S/c1-24(2,3)34-23(30)25-13-14-35(31,32)16-21(28)18-7-9-19(10-8-18)27-22(29)26-15-17-5-11-20(33-4)12-6-17/h5-12H,13-16H2,1-4H3,(H,25,30)(H2,26,27,29). The first-order valence-electron chi connectivity index (χ1n) is 10.9. The zero-order chi connectivity index (χ0) is 26.1. The SMILES string of the molecule is COc1ccc(CNC(=O)Nc2ccc(C(=O)CS(=O)(=O)CCNC(=O)OC(C)(C)C)cc2)cc1. The Labute approximate surface area is 205 Å². The van der Waals surface area contributed by atoms with Crippen LogP contribution in [-0.2, 0) is 21.1 Å². The zero-order valence-electron chi connectivity index (χ0n) is 20.2. The van der Waals surface area contributed by atoms with Crippen molar-refractivity contribution in [3.8, 4) is 5.75 Å². The second-order valence-corrected chi connectivity index (χ2v) is 10.9. The topological polar surface area (TPSA) is 140 Å². The Morgan fingerprint density at radius 3 is 2.11 bits per heavy atom. The molecular formula is C24H31N3O7S. The van der Waals surface area contributed by atoms with E-state index in [2.05, 4.69) is 16.0 Å². The lowest BCUT2D eigenvalue weighted by molar-refractivity contribution is 0.0531. The van der Waals surface area contributed by atoms with E-state index in [9.17, 15) is 22.8 Å². The average Bonchev–Trinajstić information content (AvgIpc) is 2.76. The Morgan fingerprint density at radius 2 is 1.54 bits per heavy atom. The molecule has 0 saturated carbocycles. The number of carbonyl (C=O) groups excluding carboxylic acids is 3. The lowest BCUT2D eigenvalue weighted by Gasteiger charge is -2.19. The lowest BCUT2D eigenvalue weighted by Crippen LogP contribution is -2.35. The minimum atomic E-state index is -3.74. The van der Waals surface area contributed by atoms with E-state index in [4.69, 9.17) is 9.47 Å². The van der Waals surface area contributed by atoms with E-state index in [0.29, 0.717) is 12.2 Å². The van der Waals surface area contributed by atoms with Crippen LogP contribution >= 0.6 is 0 Å². The molecule has 0 aromatic heterocycles. The van der Waals surface area contributed by atoms with Gasteiger partial charge in [0, 0.05) is 24.3 Å². The molecule has 3 N–H and O–H groups in total. The molecule has 0 aliphatic carbocycles. The third-order valence-electron chi connectivity index (χ3n) is 4.51. The van der Waals surface area contributed by atoms with Gasteiger partial charge < -0.3 is 25.4 Å². The Kier molecular flexibility index (Phi) is 9.64. The van der Waals surface area contributed by atoms with Crippen molar-refractivity contribution in [3.05, 3.63) is 59.7 Å². The summed E-state index contributed by atoms with van der Waals surface area (Å²) < 4.78 is 34.6. The van der Waals surface area contributed by atoms with Gasteiger partial charge in [0.05, 0.1) is 12.9 Å². The van der Waals surface area contributed by atoms with Crippen molar-refractivity contribution in [3.63, 3.8) is 0 Å². The first-order valence-corrected chi connectivity index (χ1v) is 12.7. The van der Waals surface area contributed by atoms with Crippen molar-refractivity contribution in [2.24, 2.45) is 0 Å². The van der Waals surface area contributed by atoms with Gasteiger partial charge in [-0.2, -0.15) is 0 Å². The molecule has 3 amide bonds. The molecule has 0 unspecified atom stereocenters. The van der Waals surface area contributed by atoms with Crippen molar-refractivity contribution in [1.29, 1.82) is 0 Å². The largest absolute Gasteiger partial charge is 0.497 e. The number of sulfone groups is 1. The number of Topliss-reactive ketones (excluding diaryl/α,β-unsaturated/α-hetero) is 1. The monoisotopic (exact) mass is 505 g/mol. The summed E-state index contributed by atoms with van der Waals surface area (Å²) in [5, 5.41) is 7.72. The van der Waals surface area contributed by atoms with Gasteiger partial charge in [0.1, 0.15) is 17.1 Å². The molecule has 10 nitrogen and oxygen atoms in total. The van der Waals surface area contributed by atoms with Gasteiger partial charge in [0.25, 0.3) is 0 Å². The number of anilines is 1. The molecule has 0 radical (unpaired) electrons. The predicted molar refractivity (Wildman–Crippen MR) is 133 cm³/mol. The smallest absolute Gasteiger partial charge is 0.407 e. The molecule has 190 valence electrons. The second-order valence-electron chi connectivity index (χ2n) is 8.68. The molecule has 11 heteroatoms. The molecule has 0 aliphatic rings. The van der Waals surface area contributed by atoms with Gasteiger partial charge in [0.15, 0.2) is 15.6 Å². The van der Waals surface area contributed by atoms with E-state index in [1.165, 1.54) is 24.3 Å². The number of amides is 3. The number of carbonyl (C=O) groups is 3. The van der Waals surface area contributed by atoms with Crippen molar-refractivity contribution in [2.75, 3.05) is 30.5 Å². The van der Waals surface area contributed by atoms with Crippen molar-refractivity contribution >= 4 is 33.4 Å². The highest BCUT2D eigenvalue weighted by molar-refractivity contribution is 7.92. The van der Waals surface area contributed by atoms with Crippen LogP contribution in [0.15, 0.2) is 48.5 Å². The van der Waals surface area contributed by atoms with Gasteiger partial charge in [-0.3, -0.25) is 4.79 Å². The fourth-order valence-corrected chi connectivity index (χ4v) is 3.94.